The summed E-state index contributed by atoms with van der Waals surface area (Å²) in [5.74, 6) is -1.78. The number of hydrogen-bond donors (Lipinski definition) is 2. The van der Waals surface area contributed by atoms with Crippen LogP contribution in [0.5, 0.6) is 0 Å². The van der Waals surface area contributed by atoms with Crippen molar-refractivity contribution in [3.63, 3.8) is 0 Å². The zero-order chi connectivity index (χ0) is 29.8. The lowest BCUT2D eigenvalue weighted by Gasteiger charge is -2.16. The van der Waals surface area contributed by atoms with Gasteiger partial charge in [0.25, 0.3) is 16.0 Å². The van der Waals surface area contributed by atoms with Crippen LogP contribution in [0.25, 0.3) is 0 Å². The van der Waals surface area contributed by atoms with Crippen LogP contribution in [-0.4, -0.2) is 43.5 Å². The zero-order valence-corrected chi connectivity index (χ0v) is 23.1. The van der Waals surface area contributed by atoms with Gasteiger partial charge in [0.05, 0.1) is 22.7 Å². The summed E-state index contributed by atoms with van der Waals surface area (Å²) in [5, 5.41) is 8.66. The first-order valence-electron chi connectivity index (χ1n) is 12.2. The highest BCUT2D eigenvalue weighted by atomic mass is 35.5. The molecule has 0 aromatic heterocycles. The van der Waals surface area contributed by atoms with E-state index in [1.807, 2.05) is 30.3 Å². The van der Waals surface area contributed by atoms with Crippen LogP contribution in [0.2, 0.25) is 5.02 Å². The number of sulfonamides is 1. The van der Waals surface area contributed by atoms with E-state index < -0.39 is 44.5 Å². The summed E-state index contributed by atoms with van der Waals surface area (Å²) < 4.78 is 69.2. The molecule has 0 bridgehead atoms. The predicted octanol–water partition coefficient (Wildman–Crippen LogP) is 4.75. The average Bonchev–Trinajstić information content (AvgIpc) is 3.38. The topological polar surface area (TPSA) is 130 Å². The van der Waals surface area contributed by atoms with Gasteiger partial charge >= 0.3 is 6.18 Å². The van der Waals surface area contributed by atoms with Gasteiger partial charge in [0, 0.05) is 17.4 Å². The molecule has 3 aromatic carbocycles. The Balaban J connectivity index is 1.81. The third kappa shape index (κ3) is 7.30. The molecule has 1 heterocycles. The number of halogens is 4. The lowest BCUT2D eigenvalue weighted by Crippen LogP contribution is -2.38. The number of nitrogens with zero attached hydrogens (tertiary/aromatic N) is 4. The highest BCUT2D eigenvalue weighted by Crippen LogP contribution is 2.32. The molecule has 0 aliphatic carbocycles. The molecule has 1 aliphatic rings. The average molecular weight is 605 g/mol. The van der Waals surface area contributed by atoms with E-state index in [-0.39, 0.29) is 18.9 Å². The Hall–Kier alpha value is -4.23. The van der Waals surface area contributed by atoms with Crippen LogP contribution in [0.4, 0.5) is 13.2 Å². The summed E-state index contributed by atoms with van der Waals surface area (Å²) in [6.07, 6.45) is -4.58. The van der Waals surface area contributed by atoms with Crippen molar-refractivity contribution in [3.8, 4) is 0 Å². The SMILES string of the molecule is CCC(=O)N/C(N)=N/C(=N/S(=O)(=O)c1ccc(C(F)(F)F)cc1)N1CC(c2ccccc2)C(c2ccc(Cl)cc2)=N1. The number of nitrogens with one attached hydrogen (secondary N) is 1. The van der Waals surface area contributed by atoms with Crippen LogP contribution in [0.3, 0.4) is 0 Å². The first kappa shape index (κ1) is 29.7. The van der Waals surface area contributed by atoms with E-state index in [0.717, 1.165) is 17.7 Å². The Morgan fingerprint density at radius 2 is 1.71 bits per heavy atom. The van der Waals surface area contributed by atoms with E-state index in [2.05, 4.69) is 19.8 Å². The number of nitrogens with two attached hydrogens (primary N) is 1. The fourth-order valence-corrected chi connectivity index (χ4v) is 4.98. The van der Waals surface area contributed by atoms with Crippen LogP contribution in [-0.2, 0) is 21.0 Å². The van der Waals surface area contributed by atoms with E-state index >= 15 is 0 Å². The largest absolute Gasteiger partial charge is 0.416 e. The molecule has 14 heteroatoms. The molecule has 0 fully saturated rings. The van der Waals surface area contributed by atoms with E-state index in [9.17, 15) is 26.4 Å². The minimum Gasteiger partial charge on any atom is -0.369 e. The number of aliphatic imine (C=N–C) groups is 1. The molecule has 1 unspecified atom stereocenters. The second-order valence-corrected chi connectivity index (χ2v) is 10.9. The smallest absolute Gasteiger partial charge is 0.369 e. The fourth-order valence-electron chi connectivity index (χ4n) is 3.92. The number of carbonyl (C=O) groups excluding carboxylic acids is 1. The van der Waals surface area contributed by atoms with E-state index in [1.54, 1.807) is 31.2 Å². The highest BCUT2D eigenvalue weighted by molar-refractivity contribution is 7.90. The first-order valence-corrected chi connectivity index (χ1v) is 14.0. The molecule has 0 radical (unpaired) electrons. The standard InChI is InChI=1S/C27H24ClF3N6O3S/c1-2-23(38)33-25(32)34-26(36-41(39,40)21-14-10-19(11-15-21)27(29,30)31)37-16-22(17-6-4-3-5-7-17)24(35-37)18-8-12-20(28)13-9-18/h3-15,22H,2,16H2,1H3,(H3,32,33,34,36,38). The second kappa shape index (κ2) is 12.1. The molecule has 1 amide bonds. The lowest BCUT2D eigenvalue weighted by atomic mass is 9.91. The van der Waals surface area contributed by atoms with Crippen molar-refractivity contribution >= 4 is 45.2 Å². The molecule has 3 N–H and O–H groups in total. The van der Waals surface area contributed by atoms with Gasteiger partial charge in [-0.3, -0.25) is 10.1 Å². The summed E-state index contributed by atoms with van der Waals surface area (Å²) in [6.45, 7) is 1.67. The van der Waals surface area contributed by atoms with Crippen LogP contribution in [0.1, 0.15) is 36.0 Å². The molecule has 214 valence electrons. The number of alkyl halides is 3. The Bertz CT molecular complexity index is 1610. The number of hydrazone groups is 1. The van der Waals surface area contributed by atoms with Crippen molar-refractivity contribution in [2.75, 3.05) is 6.54 Å². The van der Waals surface area contributed by atoms with Crippen molar-refractivity contribution in [1.29, 1.82) is 0 Å². The Morgan fingerprint density at radius 3 is 2.29 bits per heavy atom. The van der Waals surface area contributed by atoms with Gasteiger partial charge in [0.1, 0.15) is 0 Å². The van der Waals surface area contributed by atoms with Crippen molar-refractivity contribution in [3.05, 3.63) is 101 Å². The Morgan fingerprint density at radius 1 is 1.07 bits per heavy atom. The quantitative estimate of drug-likeness (QED) is 0.321. The van der Waals surface area contributed by atoms with Crippen LogP contribution >= 0.6 is 11.6 Å². The summed E-state index contributed by atoms with van der Waals surface area (Å²) in [7, 11) is -4.59. The fraction of sp³-hybridized carbons (Fsp3) is 0.185. The number of rotatable bonds is 5. The molecular weight excluding hydrogens is 581 g/mol. The van der Waals surface area contributed by atoms with Gasteiger partial charge in [-0.25, -0.2) is 5.01 Å². The van der Waals surface area contributed by atoms with E-state index in [1.165, 1.54) is 5.01 Å². The van der Waals surface area contributed by atoms with E-state index in [4.69, 9.17) is 17.3 Å². The summed E-state index contributed by atoms with van der Waals surface area (Å²) in [4.78, 5) is 15.4. The molecule has 1 atom stereocenters. The second-order valence-electron chi connectivity index (χ2n) is 8.82. The van der Waals surface area contributed by atoms with Crippen LogP contribution < -0.4 is 11.1 Å². The van der Waals surface area contributed by atoms with Crippen molar-refractivity contribution in [1.82, 2.24) is 10.3 Å². The lowest BCUT2D eigenvalue weighted by molar-refractivity contribution is -0.137. The van der Waals surface area contributed by atoms with Gasteiger partial charge in [0.2, 0.25) is 11.9 Å². The summed E-state index contributed by atoms with van der Waals surface area (Å²) in [5.41, 5.74) is 6.98. The number of benzene rings is 3. The molecule has 9 nitrogen and oxygen atoms in total. The maximum atomic E-state index is 13.2. The molecule has 1 aliphatic heterocycles. The Kier molecular flexibility index (Phi) is 8.78. The van der Waals surface area contributed by atoms with Gasteiger partial charge in [-0.05, 0) is 47.5 Å². The molecule has 0 spiro atoms. The predicted molar refractivity (Wildman–Crippen MR) is 150 cm³/mol. The number of carbonyl (C=O) groups is 1. The molecule has 4 rings (SSSR count). The van der Waals surface area contributed by atoms with Gasteiger partial charge in [-0.1, -0.05) is 61.0 Å². The number of guanidine groups is 2. The van der Waals surface area contributed by atoms with Crippen LogP contribution in [0, 0.1) is 0 Å². The normalized spacial score (nSPS) is 16.5. The highest BCUT2D eigenvalue weighted by Gasteiger charge is 2.34. The van der Waals surface area contributed by atoms with Gasteiger partial charge in [-0.2, -0.15) is 31.7 Å². The molecule has 0 saturated carbocycles. The monoisotopic (exact) mass is 604 g/mol. The number of amides is 1. The maximum Gasteiger partial charge on any atom is 0.416 e. The van der Waals surface area contributed by atoms with Gasteiger partial charge in [0.15, 0.2) is 0 Å². The van der Waals surface area contributed by atoms with Crippen molar-refractivity contribution in [2.24, 2.45) is 20.2 Å². The molecule has 0 saturated heterocycles. The van der Waals surface area contributed by atoms with Crippen molar-refractivity contribution < 1.29 is 26.4 Å². The third-order valence-corrected chi connectivity index (χ3v) is 7.50. The summed E-state index contributed by atoms with van der Waals surface area (Å²) >= 11 is 6.06. The maximum absolute atomic E-state index is 13.2. The zero-order valence-electron chi connectivity index (χ0n) is 21.5. The molecule has 3 aromatic rings. The van der Waals surface area contributed by atoms with Crippen LogP contribution in [0.15, 0.2) is 98.2 Å². The minimum atomic E-state index is -4.65. The Labute approximate surface area is 239 Å². The van der Waals surface area contributed by atoms with Gasteiger partial charge in [-0.15, -0.1) is 4.40 Å². The third-order valence-electron chi connectivity index (χ3n) is 5.98. The molecular formula is C27H24ClF3N6O3S. The van der Waals surface area contributed by atoms with Gasteiger partial charge < -0.3 is 5.73 Å². The minimum absolute atomic E-state index is 0.0746. The first-order chi connectivity index (χ1) is 19.4. The summed E-state index contributed by atoms with van der Waals surface area (Å²) in [6, 6.07) is 19.1. The van der Waals surface area contributed by atoms with E-state index in [0.29, 0.717) is 28.4 Å². The number of hydrogen-bond acceptors (Lipinski definition) is 4. The van der Waals surface area contributed by atoms with Crippen molar-refractivity contribution in [2.45, 2.75) is 30.3 Å². The molecule has 41 heavy (non-hydrogen) atoms.